The Morgan fingerprint density at radius 2 is 1.56 bits per heavy atom. The van der Waals surface area contributed by atoms with Gasteiger partial charge in [-0.2, -0.15) is 0 Å². The van der Waals surface area contributed by atoms with Crippen LogP contribution < -0.4 is 0 Å². The van der Waals surface area contributed by atoms with E-state index in [1.165, 1.54) is 0 Å². The van der Waals surface area contributed by atoms with Gasteiger partial charge in [0.1, 0.15) is 11.2 Å². The molecule has 1 aromatic heterocycles. The van der Waals surface area contributed by atoms with Crippen molar-refractivity contribution in [3.05, 3.63) is 72.3 Å². The minimum absolute atomic E-state index is 0.163. The first-order valence-electron chi connectivity index (χ1n) is 9.57. The summed E-state index contributed by atoms with van der Waals surface area (Å²) in [7, 11) is 0. The minimum atomic E-state index is 0.163. The average Bonchev–Trinajstić information content (AvgIpc) is 3.11. The Kier molecular flexibility index (Phi) is 3.71. The summed E-state index contributed by atoms with van der Waals surface area (Å²) >= 11 is 0. The zero-order valence-corrected chi connectivity index (χ0v) is 15.3. The first-order chi connectivity index (χ1) is 13.3. The third-order valence-corrected chi connectivity index (χ3v) is 5.41. The molecule has 0 radical (unpaired) electrons. The first-order valence-corrected chi connectivity index (χ1v) is 9.57. The molecule has 0 N–H and O–H groups in total. The molecule has 0 atom stereocenters. The van der Waals surface area contributed by atoms with E-state index in [4.69, 9.17) is 4.42 Å². The number of hydrogen-bond acceptors (Lipinski definition) is 2. The standard InChI is InChI=1S/C25H20O2/c1-2-3-12-22(26)21-15-17-9-5-6-10-18(17)23-20-14-13-16-8-4-7-11-19(16)24(20)27-25(21)23/h4-11,13-15H,2-3,12H2,1H3. The molecule has 27 heavy (non-hydrogen) atoms. The Bertz CT molecular complexity index is 1320. The smallest absolute Gasteiger partial charge is 0.166 e. The van der Waals surface area contributed by atoms with E-state index >= 15 is 0 Å². The van der Waals surface area contributed by atoms with Crippen LogP contribution in [0, 0.1) is 0 Å². The van der Waals surface area contributed by atoms with Crippen molar-refractivity contribution in [1.82, 2.24) is 0 Å². The van der Waals surface area contributed by atoms with Crippen LogP contribution in [0.3, 0.4) is 0 Å². The van der Waals surface area contributed by atoms with Gasteiger partial charge in [-0.1, -0.05) is 67.9 Å². The number of Topliss-reactive ketones (excluding diaryl/α,β-unsaturated/α-hetero) is 1. The van der Waals surface area contributed by atoms with E-state index in [1.54, 1.807) is 0 Å². The van der Waals surface area contributed by atoms with Crippen LogP contribution in [0.15, 0.2) is 71.1 Å². The predicted octanol–water partition coefficient (Wildman–Crippen LogP) is 7.27. The number of rotatable bonds is 4. The number of unbranched alkanes of at least 4 members (excludes halogenated alkanes) is 1. The fourth-order valence-corrected chi connectivity index (χ4v) is 4.03. The molecule has 0 aliphatic rings. The van der Waals surface area contributed by atoms with Crippen LogP contribution in [0.1, 0.15) is 36.5 Å². The number of fused-ring (bicyclic) bond motifs is 7. The van der Waals surface area contributed by atoms with Crippen LogP contribution in [0.4, 0.5) is 0 Å². The maximum Gasteiger partial charge on any atom is 0.166 e. The number of hydrogen-bond donors (Lipinski definition) is 0. The zero-order chi connectivity index (χ0) is 18.4. The van der Waals surface area contributed by atoms with E-state index in [2.05, 4.69) is 43.3 Å². The number of carbonyl (C=O) groups is 1. The molecule has 0 saturated heterocycles. The first kappa shape index (κ1) is 16.1. The van der Waals surface area contributed by atoms with Crippen LogP contribution in [0.2, 0.25) is 0 Å². The van der Waals surface area contributed by atoms with E-state index in [9.17, 15) is 4.79 Å². The molecule has 0 aliphatic heterocycles. The summed E-state index contributed by atoms with van der Waals surface area (Å²) in [6.45, 7) is 2.11. The highest BCUT2D eigenvalue weighted by Crippen LogP contribution is 2.40. The highest BCUT2D eigenvalue weighted by atomic mass is 16.3. The summed E-state index contributed by atoms with van der Waals surface area (Å²) < 4.78 is 6.39. The highest BCUT2D eigenvalue weighted by molar-refractivity contribution is 6.27. The Balaban J connectivity index is 1.94. The van der Waals surface area contributed by atoms with Gasteiger partial charge in [0.2, 0.25) is 0 Å². The van der Waals surface area contributed by atoms with E-state index in [0.717, 1.165) is 56.3 Å². The van der Waals surface area contributed by atoms with Gasteiger partial charge < -0.3 is 4.42 Å². The normalized spacial score (nSPS) is 11.7. The van der Waals surface area contributed by atoms with Crippen molar-refractivity contribution in [2.24, 2.45) is 0 Å². The molecule has 2 nitrogen and oxygen atoms in total. The predicted molar refractivity (Wildman–Crippen MR) is 113 cm³/mol. The summed E-state index contributed by atoms with van der Waals surface area (Å²) in [6, 6.07) is 22.7. The third kappa shape index (κ3) is 2.44. The van der Waals surface area contributed by atoms with Gasteiger partial charge >= 0.3 is 0 Å². The summed E-state index contributed by atoms with van der Waals surface area (Å²) in [5.74, 6) is 0.163. The van der Waals surface area contributed by atoms with Gasteiger partial charge in [-0.15, -0.1) is 0 Å². The monoisotopic (exact) mass is 352 g/mol. The van der Waals surface area contributed by atoms with Gasteiger partial charge in [-0.05, 0) is 34.7 Å². The number of benzene rings is 4. The van der Waals surface area contributed by atoms with Gasteiger partial charge in [-0.25, -0.2) is 0 Å². The molecule has 0 saturated carbocycles. The number of furan rings is 1. The van der Waals surface area contributed by atoms with Gasteiger partial charge in [0, 0.05) is 22.6 Å². The largest absolute Gasteiger partial charge is 0.455 e. The molecule has 1 heterocycles. The maximum absolute atomic E-state index is 12.9. The van der Waals surface area contributed by atoms with Gasteiger partial charge in [0.25, 0.3) is 0 Å². The van der Waals surface area contributed by atoms with E-state index in [0.29, 0.717) is 12.0 Å². The molecule has 5 rings (SSSR count). The van der Waals surface area contributed by atoms with E-state index in [-0.39, 0.29) is 5.78 Å². The molecule has 0 bridgehead atoms. The SMILES string of the molecule is CCCCC(=O)c1cc2ccccc2c2c1oc1c3ccccc3ccc12. The second-order valence-electron chi connectivity index (χ2n) is 7.14. The van der Waals surface area contributed by atoms with Crippen LogP contribution in [-0.2, 0) is 0 Å². The van der Waals surface area contributed by atoms with Gasteiger partial charge in [0.05, 0.1) is 5.56 Å². The number of ketones is 1. The molecule has 0 fully saturated rings. The van der Waals surface area contributed by atoms with Crippen molar-refractivity contribution in [2.45, 2.75) is 26.2 Å². The van der Waals surface area contributed by atoms with Crippen molar-refractivity contribution < 1.29 is 9.21 Å². The van der Waals surface area contributed by atoms with Crippen molar-refractivity contribution >= 4 is 49.3 Å². The van der Waals surface area contributed by atoms with E-state index < -0.39 is 0 Å². The van der Waals surface area contributed by atoms with Crippen LogP contribution in [0.25, 0.3) is 43.5 Å². The third-order valence-electron chi connectivity index (χ3n) is 5.41. The van der Waals surface area contributed by atoms with Crippen molar-refractivity contribution in [2.75, 3.05) is 0 Å². The lowest BCUT2D eigenvalue weighted by Crippen LogP contribution is -1.99. The second kappa shape index (κ2) is 6.24. The van der Waals surface area contributed by atoms with Gasteiger partial charge in [-0.3, -0.25) is 4.79 Å². The molecule has 5 aromatic rings. The molecule has 4 aromatic carbocycles. The van der Waals surface area contributed by atoms with Crippen LogP contribution in [0.5, 0.6) is 0 Å². The topological polar surface area (TPSA) is 30.2 Å². The van der Waals surface area contributed by atoms with Crippen LogP contribution >= 0.6 is 0 Å². The molecule has 132 valence electrons. The molecule has 0 amide bonds. The lowest BCUT2D eigenvalue weighted by Gasteiger charge is -2.05. The van der Waals surface area contributed by atoms with Crippen LogP contribution in [-0.4, -0.2) is 5.78 Å². The summed E-state index contributed by atoms with van der Waals surface area (Å²) in [5.41, 5.74) is 2.29. The fraction of sp³-hybridized carbons (Fsp3) is 0.160. The Labute approximate surface area is 157 Å². The van der Waals surface area contributed by atoms with Crippen molar-refractivity contribution in [3.8, 4) is 0 Å². The Hall–Kier alpha value is -3.13. The van der Waals surface area contributed by atoms with E-state index in [1.807, 2.05) is 30.3 Å². The number of carbonyl (C=O) groups excluding carboxylic acids is 1. The summed E-state index contributed by atoms with van der Waals surface area (Å²) in [5, 5.41) is 6.57. The molecule has 0 unspecified atom stereocenters. The Morgan fingerprint density at radius 3 is 2.37 bits per heavy atom. The molecule has 0 aliphatic carbocycles. The van der Waals surface area contributed by atoms with Gasteiger partial charge in [0.15, 0.2) is 5.78 Å². The lowest BCUT2D eigenvalue weighted by atomic mass is 9.96. The zero-order valence-electron chi connectivity index (χ0n) is 15.3. The van der Waals surface area contributed by atoms with Crippen molar-refractivity contribution in [1.29, 1.82) is 0 Å². The summed E-state index contributed by atoms with van der Waals surface area (Å²) in [4.78, 5) is 12.9. The second-order valence-corrected chi connectivity index (χ2v) is 7.14. The highest BCUT2D eigenvalue weighted by Gasteiger charge is 2.19. The fourth-order valence-electron chi connectivity index (χ4n) is 4.03. The van der Waals surface area contributed by atoms with Crippen molar-refractivity contribution in [3.63, 3.8) is 0 Å². The Morgan fingerprint density at radius 1 is 0.815 bits per heavy atom. The average molecular weight is 352 g/mol. The quantitative estimate of drug-likeness (QED) is 0.318. The lowest BCUT2D eigenvalue weighted by molar-refractivity contribution is 0.0980. The minimum Gasteiger partial charge on any atom is -0.455 e. The molecular formula is C25H20O2. The molecular weight excluding hydrogens is 332 g/mol. The molecule has 2 heteroatoms. The molecule has 0 spiro atoms. The summed E-state index contributed by atoms with van der Waals surface area (Å²) in [6.07, 6.45) is 2.46. The maximum atomic E-state index is 12.9.